The van der Waals surface area contributed by atoms with E-state index in [1.165, 1.54) is 45.2 Å². The van der Waals surface area contributed by atoms with Gasteiger partial charge in [-0.25, -0.2) is 0 Å². The topological polar surface area (TPSA) is 12.0 Å². The Morgan fingerprint density at radius 3 is 2.56 bits per heavy atom. The summed E-state index contributed by atoms with van der Waals surface area (Å²) < 4.78 is 0. The van der Waals surface area contributed by atoms with Crippen LogP contribution in [0.2, 0.25) is 0 Å². The van der Waals surface area contributed by atoms with Crippen LogP contribution in [0.1, 0.15) is 59.8 Å². The predicted molar refractivity (Wildman–Crippen MR) is 72.6 cm³/mol. The van der Waals surface area contributed by atoms with Gasteiger partial charge in [-0.3, -0.25) is 0 Å². The van der Waals surface area contributed by atoms with Gasteiger partial charge < -0.3 is 5.32 Å². The number of hydrogen-bond acceptors (Lipinski definition) is 1. The quantitative estimate of drug-likeness (QED) is 0.688. The SMILES string of the molecule is CCCC(C)C1CCCC1CNCC(C)C. The smallest absolute Gasteiger partial charge is 0.00177 e. The summed E-state index contributed by atoms with van der Waals surface area (Å²) in [5, 5.41) is 3.65. The molecule has 96 valence electrons. The van der Waals surface area contributed by atoms with Gasteiger partial charge in [0.25, 0.3) is 0 Å². The van der Waals surface area contributed by atoms with Crippen LogP contribution in [0.5, 0.6) is 0 Å². The summed E-state index contributed by atoms with van der Waals surface area (Å²) in [5.74, 6) is 3.69. The Morgan fingerprint density at radius 2 is 1.94 bits per heavy atom. The fraction of sp³-hybridized carbons (Fsp3) is 1.00. The average Bonchev–Trinajstić information content (AvgIpc) is 2.66. The molecule has 3 unspecified atom stereocenters. The highest BCUT2D eigenvalue weighted by molar-refractivity contribution is 4.82. The Balaban J connectivity index is 2.28. The standard InChI is InChI=1S/C15H31N/c1-5-7-13(4)15-9-6-8-14(15)11-16-10-12(2)3/h12-16H,5-11H2,1-4H3. The molecule has 0 bridgehead atoms. The van der Waals surface area contributed by atoms with E-state index >= 15 is 0 Å². The van der Waals surface area contributed by atoms with E-state index in [2.05, 4.69) is 33.0 Å². The van der Waals surface area contributed by atoms with Crippen molar-refractivity contribution < 1.29 is 0 Å². The second kappa shape index (κ2) is 7.32. The Bertz CT molecular complexity index is 176. The van der Waals surface area contributed by atoms with Gasteiger partial charge in [0.05, 0.1) is 0 Å². The van der Waals surface area contributed by atoms with E-state index in [1.54, 1.807) is 0 Å². The van der Waals surface area contributed by atoms with Crippen molar-refractivity contribution in [2.24, 2.45) is 23.7 Å². The summed E-state index contributed by atoms with van der Waals surface area (Å²) in [4.78, 5) is 0. The lowest BCUT2D eigenvalue weighted by Gasteiger charge is -2.26. The van der Waals surface area contributed by atoms with Crippen LogP contribution in [-0.2, 0) is 0 Å². The molecule has 0 aromatic heterocycles. The number of nitrogens with one attached hydrogen (secondary N) is 1. The van der Waals surface area contributed by atoms with Gasteiger partial charge in [-0.1, -0.05) is 47.0 Å². The van der Waals surface area contributed by atoms with Crippen molar-refractivity contribution in [2.75, 3.05) is 13.1 Å². The van der Waals surface area contributed by atoms with Crippen molar-refractivity contribution in [1.82, 2.24) is 5.32 Å². The van der Waals surface area contributed by atoms with Crippen molar-refractivity contribution in [2.45, 2.75) is 59.8 Å². The lowest BCUT2D eigenvalue weighted by molar-refractivity contribution is 0.255. The summed E-state index contributed by atoms with van der Waals surface area (Å²) in [6.07, 6.45) is 7.18. The van der Waals surface area contributed by atoms with Gasteiger partial charge >= 0.3 is 0 Å². The van der Waals surface area contributed by atoms with Crippen molar-refractivity contribution in [3.63, 3.8) is 0 Å². The van der Waals surface area contributed by atoms with Gasteiger partial charge in [0, 0.05) is 0 Å². The minimum absolute atomic E-state index is 0.785. The molecule has 0 radical (unpaired) electrons. The van der Waals surface area contributed by atoms with Gasteiger partial charge in [-0.15, -0.1) is 0 Å². The van der Waals surface area contributed by atoms with E-state index in [0.29, 0.717) is 0 Å². The first-order chi connectivity index (χ1) is 7.65. The molecule has 0 amide bonds. The molecule has 1 heteroatoms. The van der Waals surface area contributed by atoms with Gasteiger partial charge in [0.1, 0.15) is 0 Å². The molecule has 1 fully saturated rings. The fourth-order valence-corrected chi connectivity index (χ4v) is 3.29. The molecule has 0 heterocycles. The number of hydrogen-bond donors (Lipinski definition) is 1. The molecule has 0 aromatic rings. The summed E-state index contributed by atoms with van der Waals surface area (Å²) >= 11 is 0. The van der Waals surface area contributed by atoms with Crippen molar-refractivity contribution in [3.05, 3.63) is 0 Å². The van der Waals surface area contributed by atoms with E-state index in [-0.39, 0.29) is 0 Å². The molecule has 3 atom stereocenters. The van der Waals surface area contributed by atoms with Crippen LogP contribution in [0.25, 0.3) is 0 Å². The van der Waals surface area contributed by atoms with Crippen LogP contribution in [0.15, 0.2) is 0 Å². The van der Waals surface area contributed by atoms with E-state index in [4.69, 9.17) is 0 Å². The third kappa shape index (κ3) is 4.45. The molecule has 1 aliphatic rings. The molecular formula is C15H31N. The Labute approximate surface area is 102 Å². The second-order valence-corrected chi connectivity index (χ2v) is 6.17. The normalized spacial score (nSPS) is 27.6. The van der Waals surface area contributed by atoms with E-state index < -0.39 is 0 Å². The van der Waals surface area contributed by atoms with E-state index in [0.717, 1.165) is 23.7 Å². The highest BCUT2D eigenvalue weighted by Gasteiger charge is 2.30. The largest absolute Gasteiger partial charge is 0.316 e. The lowest BCUT2D eigenvalue weighted by atomic mass is 9.82. The maximum atomic E-state index is 3.65. The predicted octanol–water partition coefficient (Wildman–Crippen LogP) is 4.08. The maximum Gasteiger partial charge on any atom is -0.00177 e. The van der Waals surface area contributed by atoms with Crippen molar-refractivity contribution in [3.8, 4) is 0 Å². The van der Waals surface area contributed by atoms with Crippen molar-refractivity contribution in [1.29, 1.82) is 0 Å². The zero-order valence-electron chi connectivity index (χ0n) is 11.8. The van der Waals surface area contributed by atoms with Crippen LogP contribution < -0.4 is 5.32 Å². The fourth-order valence-electron chi connectivity index (χ4n) is 3.29. The Hall–Kier alpha value is -0.0400. The summed E-state index contributed by atoms with van der Waals surface area (Å²) in [7, 11) is 0. The van der Waals surface area contributed by atoms with Crippen molar-refractivity contribution >= 4 is 0 Å². The first kappa shape index (κ1) is 14.0. The lowest BCUT2D eigenvalue weighted by Crippen LogP contribution is -2.30. The summed E-state index contributed by atoms with van der Waals surface area (Å²) in [6.45, 7) is 11.8. The van der Waals surface area contributed by atoms with Crippen LogP contribution in [0.3, 0.4) is 0 Å². The highest BCUT2D eigenvalue weighted by Crippen LogP contribution is 2.38. The average molecular weight is 225 g/mol. The molecule has 0 aliphatic heterocycles. The molecule has 0 saturated heterocycles. The molecule has 1 saturated carbocycles. The minimum Gasteiger partial charge on any atom is -0.316 e. The first-order valence-electron chi connectivity index (χ1n) is 7.35. The third-order valence-corrected chi connectivity index (χ3v) is 4.15. The summed E-state index contributed by atoms with van der Waals surface area (Å²) in [6, 6.07) is 0. The minimum atomic E-state index is 0.785. The maximum absolute atomic E-state index is 3.65. The monoisotopic (exact) mass is 225 g/mol. The highest BCUT2D eigenvalue weighted by atomic mass is 14.9. The second-order valence-electron chi connectivity index (χ2n) is 6.17. The van der Waals surface area contributed by atoms with Gasteiger partial charge in [0.2, 0.25) is 0 Å². The van der Waals surface area contributed by atoms with E-state index in [9.17, 15) is 0 Å². The molecule has 1 rings (SSSR count). The molecule has 1 nitrogen and oxygen atoms in total. The van der Waals surface area contributed by atoms with Gasteiger partial charge in [-0.05, 0) is 49.6 Å². The third-order valence-electron chi connectivity index (χ3n) is 4.15. The molecular weight excluding hydrogens is 194 g/mol. The Kier molecular flexibility index (Phi) is 6.41. The first-order valence-corrected chi connectivity index (χ1v) is 7.35. The zero-order valence-corrected chi connectivity index (χ0v) is 11.8. The molecule has 0 aromatic carbocycles. The van der Waals surface area contributed by atoms with Crippen LogP contribution in [0, 0.1) is 23.7 Å². The van der Waals surface area contributed by atoms with Crippen LogP contribution in [0.4, 0.5) is 0 Å². The molecule has 16 heavy (non-hydrogen) atoms. The molecule has 0 spiro atoms. The molecule has 1 N–H and O–H groups in total. The number of rotatable bonds is 7. The van der Waals surface area contributed by atoms with Crippen LogP contribution in [-0.4, -0.2) is 13.1 Å². The van der Waals surface area contributed by atoms with E-state index in [1.807, 2.05) is 0 Å². The zero-order chi connectivity index (χ0) is 12.0. The van der Waals surface area contributed by atoms with Gasteiger partial charge in [-0.2, -0.15) is 0 Å². The molecule has 1 aliphatic carbocycles. The Morgan fingerprint density at radius 1 is 1.19 bits per heavy atom. The summed E-state index contributed by atoms with van der Waals surface area (Å²) in [5.41, 5.74) is 0. The van der Waals surface area contributed by atoms with Crippen LogP contribution >= 0.6 is 0 Å². The van der Waals surface area contributed by atoms with Gasteiger partial charge in [0.15, 0.2) is 0 Å².